The molecule has 116 valence electrons. The van der Waals surface area contributed by atoms with Gasteiger partial charge in [-0.25, -0.2) is 0 Å². The van der Waals surface area contributed by atoms with E-state index >= 15 is 0 Å². The fourth-order valence-electron chi connectivity index (χ4n) is 3.73. The Labute approximate surface area is 126 Å². The minimum Gasteiger partial charge on any atom is -0.393 e. The molecule has 0 aliphatic carbocycles. The van der Waals surface area contributed by atoms with Crippen molar-refractivity contribution >= 4 is 0 Å². The van der Waals surface area contributed by atoms with Gasteiger partial charge in [-0.05, 0) is 31.2 Å². The van der Waals surface area contributed by atoms with Crippen LogP contribution in [0.4, 0.5) is 0 Å². The van der Waals surface area contributed by atoms with Crippen LogP contribution in [0.5, 0.6) is 0 Å². The van der Waals surface area contributed by atoms with E-state index in [1.54, 1.807) is 0 Å². The van der Waals surface area contributed by atoms with Gasteiger partial charge in [0.25, 0.3) is 0 Å². The van der Waals surface area contributed by atoms with Crippen LogP contribution in [0.15, 0.2) is 30.3 Å². The highest BCUT2D eigenvalue weighted by Crippen LogP contribution is 2.35. The van der Waals surface area contributed by atoms with Gasteiger partial charge in [-0.3, -0.25) is 4.90 Å². The fourth-order valence-corrected chi connectivity index (χ4v) is 3.73. The summed E-state index contributed by atoms with van der Waals surface area (Å²) >= 11 is 0. The zero-order valence-electron chi connectivity index (χ0n) is 12.4. The number of rotatable bonds is 6. The molecule has 2 heterocycles. The zero-order chi connectivity index (χ0) is 14.7. The van der Waals surface area contributed by atoms with Crippen molar-refractivity contribution in [2.75, 3.05) is 13.2 Å². The summed E-state index contributed by atoms with van der Waals surface area (Å²) in [6.07, 6.45) is 3.41. The van der Waals surface area contributed by atoms with Gasteiger partial charge >= 0.3 is 0 Å². The van der Waals surface area contributed by atoms with Crippen LogP contribution in [-0.4, -0.2) is 52.6 Å². The molecule has 21 heavy (non-hydrogen) atoms. The lowest BCUT2D eigenvalue weighted by Crippen LogP contribution is -2.48. The van der Waals surface area contributed by atoms with Gasteiger partial charge in [0.2, 0.25) is 0 Å². The molecule has 2 fully saturated rings. The molecule has 0 saturated carbocycles. The highest BCUT2D eigenvalue weighted by atomic mass is 16.5. The fraction of sp³-hybridized carbons (Fsp3) is 0.647. The number of piperidine rings is 1. The standard InChI is InChI=1S/C17H25NO3/c19-16-8-14-6-7-15(9-16)18(14)10-17(20)12-21-11-13-4-2-1-3-5-13/h1-5,14-17,19-20H,6-12H2. The number of nitrogens with zero attached hydrogens (tertiary/aromatic N) is 1. The normalized spacial score (nSPS) is 30.5. The molecule has 4 heteroatoms. The van der Waals surface area contributed by atoms with E-state index in [2.05, 4.69) is 4.90 Å². The van der Waals surface area contributed by atoms with Crippen molar-refractivity contribution in [3.05, 3.63) is 35.9 Å². The average molecular weight is 291 g/mol. The van der Waals surface area contributed by atoms with E-state index in [4.69, 9.17) is 4.74 Å². The van der Waals surface area contributed by atoms with E-state index in [-0.39, 0.29) is 6.10 Å². The first kappa shape index (κ1) is 15.0. The molecule has 4 nitrogen and oxygen atoms in total. The Morgan fingerprint density at radius 2 is 1.81 bits per heavy atom. The minimum atomic E-state index is -0.452. The summed E-state index contributed by atoms with van der Waals surface area (Å²) in [5.41, 5.74) is 1.13. The summed E-state index contributed by atoms with van der Waals surface area (Å²) in [4.78, 5) is 2.38. The second-order valence-corrected chi connectivity index (χ2v) is 6.36. The summed E-state index contributed by atoms with van der Waals surface area (Å²) in [7, 11) is 0. The molecule has 3 unspecified atom stereocenters. The van der Waals surface area contributed by atoms with Crippen LogP contribution in [0.25, 0.3) is 0 Å². The minimum absolute atomic E-state index is 0.148. The summed E-state index contributed by atoms with van der Waals surface area (Å²) in [5, 5.41) is 20.0. The maximum atomic E-state index is 10.2. The third-order valence-electron chi connectivity index (χ3n) is 4.70. The molecule has 1 aromatic carbocycles. The third-order valence-corrected chi connectivity index (χ3v) is 4.70. The number of hydrogen-bond acceptors (Lipinski definition) is 4. The molecule has 0 radical (unpaired) electrons. The Morgan fingerprint density at radius 1 is 1.14 bits per heavy atom. The SMILES string of the molecule is OC1CC2CCC(C1)N2CC(O)COCc1ccccc1. The maximum absolute atomic E-state index is 10.2. The van der Waals surface area contributed by atoms with Gasteiger partial charge in [0.05, 0.1) is 25.4 Å². The van der Waals surface area contributed by atoms with Crippen LogP contribution in [0.3, 0.4) is 0 Å². The molecular formula is C17H25NO3. The van der Waals surface area contributed by atoms with Crippen LogP contribution in [-0.2, 0) is 11.3 Å². The number of aliphatic hydroxyl groups is 2. The highest BCUT2D eigenvalue weighted by molar-refractivity contribution is 5.13. The van der Waals surface area contributed by atoms with Gasteiger partial charge in [0.15, 0.2) is 0 Å². The monoisotopic (exact) mass is 291 g/mol. The molecule has 2 N–H and O–H groups in total. The van der Waals surface area contributed by atoms with Crippen molar-refractivity contribution in [1.82, 2.24) is 4.90 Å². The molecule has 2 bridgehead atoms. The first-order valence-corrected chi connectivity index (χ1v) is 7.96. The van der Waals surface area contributed by atoms with Crippen LogP contribution in [0, 0.1) is 0 Å². The van der Waals surface area contributed by atoms with Crippen molar-refractivity contribution in [2.45, 2.75) is 56.6 Å². The predicted octanol–water partition coefficient (Wildman–Crippen LogP) is 1.55. The topological polar surface area (TPSA) is 52.9 Å². The lowest BCUT2D eigenvalue weighted by Gasteiger charge is -2.38. The zero-order valence-corrected chi connectivity index (χ0v) is 12.4. The molecule has 0 spiro atoms. The molecule has 2 aliphatic heterocycles. The van der Waals surface area contributed by atoms with E-state index in [0.29, 0.717) is 31.8 Å². The van der Waals surface area contributed by atoms with Crippen LogP contribution in [0.2, 0.25) is 0 Å². The largest absolute Gasteiger partial charge is 0.393 e. The van der Waals surface area contributed by atoms with Crippen LogP contribution in [0.1, 0.15) is 31.2 Å². The Kier molecular flexibility index (Phi) is 4.91. The molecule has 3 rings (SSSR count). The number of ether oxygens (including phenoxy) is 1. The number of aliphatic hydroxyl groups excluding tert-OH is 2. The smallest absolute Gasteiger partial charge is 0.0900 e. The van der Waals surface area contributed by atoms with Crippen molar-refractivity contribution < 1.29 is 14.9 Å². The summed E-state index contributed by atoms with van der Waals surface area (Å²) < 4.78 is 5.61. The predicted molar refractivity (Wildman–Crippen MR) is 80.9 cm³/mol. The highest BCUT2D eigenvalue weighted by Gasteiger charge is 2.40. The first-order chi connectivity index (χ1) is 10.2. The van der Waals surface area contributed by atoms with Gasteiger partial charge < -0.3 is 14.9 Å². The van der Waals surface area contributed by atoms with E-state index < -0.39 is 6.10 Å². The summed E-state index contributed by atoms with van der Waals surface area (Å²) in [5.74, 6) is 0. The summed E-state index contributed by atoms with van der Waals surface area (Å²) in [6, 6.07) is 10.9. The van der Waals surface area contributed by atoms with Crippen molar-refractivity contribution in [2.24, 2.45) is 0 Å². The third kappa shape index (κ3) is 3.83. The Morgan fingerprint density at radius 3 is 2.48 bits per heavy atom. The number of fused-ring (bicyclic) bond motifs is 2. The Hall–Kier alpha value is -0.940. The molecule has 0 aromatic heterocycles. The van der Waals surface area contributed by atoms with Crippen molar-refractivity contribution in [3.63, 3.8) is 0 Å². The second kappa shape index (κ2) is 6.88. The lowest BCUT2D eigenvalue weighted by molar-refractivity contribution is -0.0237. The van der Waals surface area contributed by atoms with Gasteiger partial charge in [-0.2, -0.15) is 0 Å². The molecule has 3 atom stereocenters. The molecule has 1 aromatic rings. The van der Waals surface area contributed by atoms with Crippen molar-refractivity contribution in [3.8, 4) is 0 Å². The van der Waals surface area contributed by atoms with Gasteiger partial charge in [-0.1, -0.05) is 30.3 Å². The van der Waals surface area contributed by atoms with E-state index in [1.165, 1.54) is 0 Å². The quantitative estimate of drug-likeness (QED) is 0.835. The summed E-state index contributed by atoms with van der Waals surface area (Å²) in [6.45, 7) is 1.58. The lowest BCUT2D eigenvalue weighted by atomic mass is 9.99. The van der Waals surface area contributed by atoms with E-state index in [9.17, 15) is 10.2 Å². The molecule has 2 aliphatic rings. The average Bonchev–Trinajstić information content (AvgIpc) is 2.71. The number of benzene rings is 1. The van der Waals surface area contributed by atoms with E-state index in [0.717, 1.165) is 31.2 Å². The number of hydrogen-bond donors (Lipinski definition) is 2. The van der Waals surface area contributed by atoms with Gasteiger partial charge in [0, 0.05) is 18.6 Å². The maximum Gasteiger partial charge on any atom is 0.0900 e. The molecule has 0 amide bonds. The van der Waals surface area contributed by atoms with E-state index in [1.807, 2.05) is 30.3 Å². The first-order valence-electron chi connectivity index (χ1n) is 7.96. The van der Waals surface area contributed by atoms with Crippen LogP contribution < -0.4 is 0 Å². The van der Waals surface area contributed by atoms with Gasteiger partial charge in [-0.15, -0.1) is 0 Å². The Balaban J connectivity index is 1.41. The van der Waals surface area contributed by atoms with Crippen LogP contribution >= 0.6 is 0 Å². The molecule has 2 saturated heterocycles. The van der Waals surface area contributed by atoms with Gasteiger partial charge in [0.1, 0.15) is 0 Å². The Bertz CT molecular complexity index is 425. The van der Waals surface area contributed by atoms with Crippen molar-refractivity contribution in [1.29, 1.82) is 0 Å². The molecular weight excluding hydrogens is 266 g/mol. The second-order valence-electron chi connectivity index (χ2n) is 6.36.